The Morgan fingerprint density at radius 3 is 2.21 bits per heavy atom. The first-order chi connectivity index (χ1) is 13.6. The number of methoxy groups -OCH3 is 1. The van der Waals surface area contributed by atoms with Crippen LogP contribution in [0.4, 0.5) is 0 Å². The van der Waals surface area contributed by atoms with Gasteiger partial charge in [0.2, 0.25) is 0 Å². The number of nitrogens with zero attached hydrogens (tertiary/aromatic N) is 2. The van der Waals surface area contributed by atoms with Crippen molar-refractivity contribution >= 4 is 11.8 Å². The fraction of sp³-hybridized carbons (Fsp3) is 0.636. The van der Waals surface area contributed by atoms with Crippen molar-refractivity contribution in [3.05, 3.63) is 35.4 Å². The number of hydrogen-bond donors (Lipinski definition) is 0. The Morgan fingerprint density at radius 1 is 0.964 bits per heavy atom. The summed E-state index contributed by atoms with van der Waals surface area (Å²) in [4.78, 5) is 29.5. The molecule has 0 unspecified atom stereocenters. The molecule has 2 amide bonds. The topological polar surface area (TPSA) is 59.1 Å². The maximum Gasteiger partial charge on any atom is 0.254 e. The lowest BCUT2D eigenvalue weighted by Gasteiger charge is -2.43. The Kier molecular flexibility index (Phi) is 5.69. The van der Waals surface area contributed by atoms with Crippen LogP contribution in [-0.4, -0.2) is 74.2 Å². The third kappa shape index (κ3) is 3.67. The van der Waals surface area contributed by atoms with Crippen LogP contribution in [-0.2, 0) is 9.47 Å². The average molecular weight is 386 g/mol. The van der Waals surface area contributed by atoms with Gasteiger partial charge in [-0.25, -0.2) is 0 Å². The molecule has 1 saturated carbocycles. The van der Waals surface area contributed by atoms with Crippen LogP contribution in [0, 0.1) is 5.41 Å². The van der Waals surface area contributed by atoms with E-state index in [1.54, 1.807) is 36.3 Å². The van der Waals surface area contributed by atoms with Crippen molar-refractivity contribution in [1.29, 1.82) is 0 Å². The van der Waals surface area contributed by atoms with Crippen LogP contribution in [0.1, 0.15) is 52.8 Å². The van der Waals surface area contributed by atoms with Crippen molar-refractivity contribution in [2.75, 3.05) is 46.5 Å². The molecule has 4 rings (SSSR count). The van der Waals surface area contributed by atoms with Gasteiger partial charge in [-0.15, -0.1) is 0 Å². The minimum Gasteiger partial charge on any atom is -0.381 e. The molecule has 3 fully saturated rings. The van der Waals surface area contributed by atoms with Gasteiger partial charge in [0.15, 0.2) is 0 Å². The summed E-state index contributed by atoms with van der Waals surface area (Å²) < 4.78 is 11.1. The molecule has 2 saturated heterocycles. The van der Waals surface area contributed by atoms with Gasteiger partial charge < -0.3 is 19.3 Å². The molecule has 6 nitrogen and oxygen atoms in total. The third-order valence-corrected chi connectivity index (χ3v) is 6.68. The zero-order valence-corrected chi connectivity index (χ0v) is 16.7. The van der Waals surface area contributed by atoms with Gasteiger partial charge in [-0.1, -0.05) is 6.42 Å². The minimum absolute atomic E-state index is 0.00752. The molecule has 1 aliphatic carbocycles. The average Bonchev–Trinajstić information content (AvgIpc) is 3.14. The van der Waals surface area contributed by atoms with Gasteiger partial charge in [0.05, 0.1) is 19.3 Å². The molecular weight excluding hydrogens is 356 g/mol. The maximum absolute atomic E-state index is 13.1. The fourth-order valence-corrected chi connectivity index (χ4v) is 5.16. The zero-order valence-electron chi connectivity index (χ0n) is 16.7. The quantitative estimate of drug-likeness (QED) is 0.801. The summed E-state index contributed by atoms with van der Waals surface area (Å²) in [5.41, 5.74) is 1.40. The van der Waals surface area contributed by atoms with E-state index in [1.807, 2.05) is 4.90 Å². The molecule has 28 heavy (non-hydrogen) atoms. The van der Waals surface area contributed by atoms with E-state index in [4.69, 9.17) is 9.47 Å². The second kappa shape index (κ2) is 8.21. The Bertz CT molecular complexity index is 714. The van der Waals surface area contributed by atoms with Gasteiger partial charge in [0.1, 0.15) is 0 Å². The highest BCUT2D eigenvalue weighted by Crippen LogP contribution is 2.46. The van der Waals surface area contributed by atoms with Crippen LogP contribution in [0.5, 0.6) is 0 Å². The number of benzene rings is 1. The Hall–Kier alpha value is -1.92. The summed E-state index contributed by atoms with van der Waals surface area (Å²) in [6.45, 7) is 3.99. The Labute approximate surface area is 166 Å². The predicted molar refractivity (Wildman–Crippen MR) is 105 cm³/mol. The third-order valence-electron chi connectivity index (χ3n) is 6.68. The molecule has 152 valence electrons. The van der Waals surface area contributed by atoms with Crippen molar-refractivity contribution in [1.82, 2.24) is 9.80 Å². The lowest BCUT2D eigenvalue weighted by molar-refractivity contribution is -0.0295. The van der Waals surface area contributed by atoms with Gasteiger partial charge in [-0.05, 0) is 49.9 Å². The van der Waals surface area contributed by atoms with Crippen molar-refractivity contribution in [2.24, 2.45) is 5.41 Å². The highest BCUT2D eigenvalue weighted by atomic mass is 16.5. The van der Waals surface area contributed by atoms with Crippen molar-refractivity contribution in [3.8, 4) is 0 Å². The largest absolute Gasteiger partial charge is 0.381 e. The second-order valence-corrected chi connectivity index (χ2v) is 8.29. The first-order valence-corrected chi connectivity index (χ1v) is 10.4. The van der Waals surface area contributed by atoms with E-state index < -0.39 is 0 Å². The second-order valence-electron chi connectivity index (χ2n) is 8.29. The Balaban J connectivity index is 1.44. The van der Waals surface area contributed by atoms with E-state index in [0.717, 1.165) is 38.8 Å². The summed E-state index contributed by atoms with van der Waals surface area (Å²) in [5.74, 6) is 0.0688. The summed E-state index contributed by atoms with van der Waals surface area (Å²) in [6, 6.07) is 7.13. The van der Waals surface area contributed by atoms with Crippen LogP contribution < -0.4 is 0 Å². The molecule has 0 radical (unpaired) electrons. The highest BCUT2D eigenvalue weighted by Gasteiger charge is 2.46. The number of piperidine rings is 1. The molecule has 1 aromatic rings. The van der Waals surface area contributed by atoms with Gasteiger partial charge in [-0.2, -0.15) is 0 Å². The number of hydrogen-bond acceptors (Lipinski definition) is 4. The summed E-state index contributed by atoms with van der Waals surface area (Å²) in [7, 11) is 1.79. The van der Waals surface area contributed by atoms with Crippen LogP contribution in [0.25, 0.3) is 0 Å². The zero-order chi connectivity index (χ0) is 19.6. The minimum atomic E-state index is 0.00752. The number of likely N-dealkylation sites (tertiary alicyclic amines) is 1. The van der Waals surface area contributed by atoms with E-state index in [0.29, 0.717) is 37.4 Å². The predicted octanol–water partition coefficient (Wildman–Crippen LogP) is 2.58. The highest BCUT2D eigenvalue weighted by molar-refractivity contribution is 5.98. The fourth-order valence-electron chi connectivity index (χ4n) is 5.16. The van der Waals surface area contributed by atoms with Crippen LogP contribution >= 0.6 is 0 Å². The van der Waals surface area contributed by atoms with E-state index in [1.165, 1.54) is 6.42 Å². The molecular formula is C22H30N2O4. The molecule has 3 aliphatic rings. The molecule has 2 heterocycles. The van der Waals surface area contributed by atoms with Crippen molar-refractivity contribution in [3.63, 3.8) is 0 Å². The SMILES string of the molecule is CO[C@@H]1CCC[C@@]12CCCN(C(=O)c1ccc(C(=O)N3CCOCC3)cc1)C2. The number of morpholine rings is 1. The number of carbonyl (C=O) groups excluding carboxylic acids is 2. The van der Waals surface area contributed by atoms with Gasteiger partial charge in [0, 0.05) is 49.8 Å². The Morgan fingerprint density at radius 2 is 1.57 bits per heavy atom. The molecule has 1 aromatic carbocycles. The lowest BCUT2D eigenvalue weighted by Crippen LogP contribution is -2.49. The molecule has 0 bridgehead atoms. The molecule has 0 aromatic heterocycles. The molecule has 2 atom stereocenters. The lowest BCUT2D eigenvalue weighted by atomic mass is 9.76. The van der Waals surface area contributed by atoms with E-state index >= 15 is 0 Å². The number of amides is 2. The maximum atomic E-state index is 13.1. The summed E-state index contributed by atoms with van der Waals surface area (Å²) >= 11 is 0. The summed E-state index contributed by atoms with van der Waals surface area (Å²) in [5, 5.41) is 0. The summed E-state index contributed by atoms with van der Waals surface area (Å²) in [6.07, 6.45) is 5.84. The first-order valence-electron chi connectivity index (χ1n) is 10.4. The van der Waals surface area contributed by atoms with Crippen molar-refractivity contribution in [2.45, 2.75) is 38.2 Å². The molecule has 6 heteroatoms. The molecule has 2 aliphatic heterocycles. The first kappa shape index (κ1) is 19.4. The normalized spacial score (nSPS) is 28.0. The molecule has 1 spiro atoms. The van der Waals surface area contributed by atoms with E-state index in [2.05, 4.69) is 0 Å². The van der Waals surface area contributed by atoms with E-state index in [-0.39, 0.29) is 23.3 Å². The van der Waals surface area contributed by atoms with Crippen molar-refractivity contribution < 1.29 is 19.1 Å². The van der Waals surface area contributed by atoms with E-state index in [9.17, 15) is 9.59 Å². The van der Waals surface area contributed by atoms with Gasteiger partial charge >= 0.3 is 0 Å². The van der Waals surface area contributed by atoms with Gasteiger partial charge in [0.25, 0.3) is 11.8 Å². The van der Waals surface area contributed by atoms with Crippen LogP contribution in [0.2, 0.25) is 0 Å². The standard InChI is InChI=1S/C22H30N2O4/c1-27-19-4-2-9-22(19)10-3-11-24(16-22)21(26)18-7-5-17(6-8-18)20(25)23-12-14-28-15-13-23/h5-8,19H,2-4,9-16H2,1H3/t19-,22+/m1/s1. The number of rotatable bonds is 3. The molecule has 0 N–H and O–H groups in total. The van der Waals surface area contributed by atoms with Crippen LogP contribution in [0.15, 0.2) is 24.3 Å². The van der Waals surface area contributed by atoms with Crippen LogP contribution in [0.3, 0.4) is 0 Å². The number of ether oxygens (including phenoxy) is 2. The number of carbonyl (C=O) groups is 2. The smallest absolute Gasteiger partial charge is 0.254 e. The monoisotopic (exact) mass is 386 g/mol. The van der Waals surface area contributed by atoms with Gasteiger partial charge in [-0.3, -0.25) is 9.59 Å².